The van der Waals surface area contributed by atoms with E-state index in [0.717, 1.165) is 42.6 Å². The zero-order valence-corrected chi connectivity index (χ0v) is 38.0. The van der Waals surface area contributed by atoms with Gasteiger partial charge in [-0.25, -0.2) is 4.79 Å². The highest BCUT2D eigenvalue weighted by atomic mass is 32.2. The second-order valence-electron chi connectivity index (χ2n) is 15.3. The Morgan fingerprint density at radius 1 is 0.800 bits per heavy atom. The van der Waals surface area contributed by atoms with E-state index in [-0.39, 0.29) is 49.3 Å². The highest BCUT2D eigenvalue weighted by Crippen LogP contribution is 2.38. The number of hydrogen-bond acceptors (Lipinski definition) is 17. The third kappa shape index (κ3) is 18.1. The first-order valence-electron chi connectivity index (χ1n) is 21.6. The number of amides is 6. The highest BCUT2D eigenvalue weighted by Gasteiger charge is 2.42. The Balaban J connectivity index is 0.884. The molecule has 356 valence electrons. The minimum absolute atomic E-state index is 0.00545. The van der Waals surface area contributed by atoms with Gasteiger partial charge >= 0.3 is 12.0 Å². The smallest absolute Gasteiger partial charge is 0.315 e. The number of rotatable bonds is 32. The fourth-order valence-electron chi connectivity index (χ4n) is 6.77. The van der Waals surface area contributed by atoms with Crippen LogP contribution in [-0.4, -0.2) is 131 Å². The summed E-state index contributed by atoms with van der Waals surface area (Å²) in [6.07, 6.45) is 3.94. The molecular weight excluding hydrogens is 887 g/mol. The summed E-state index contributed by atoms with van der Waals surface area (Å²) in [4.78, 5) is 80.1. The molecule has 5 rings (SSSR count). The zero-order chi connectivity index (χ0) is 46.3. The summed E-state index contributed by atoms with van der Waals surface area (Å²) in [5, 5.41) is 25.3. The van der Waals surface area contributed by atoms with Gasteiger partial charge in [-0.15, -0.1) is 9.32 Å². The molecule has 0 aromatic heterocycles. The Morgan fingerprint density at radius 3 is 2.12 bits per heavy atom. The summed E-state index contributed by atoms with van der Waals surface area (Å²) in [6, 6.07) is 12.1. The van der Waals surface area contributed by atoms with Crippen LogP contribution in [0.3, 0.4) is 0 Å². The van der Waals surface area contributed by atoms with Crippen LogP contribution in [0, 0.1) is 0 Å². The number of thioether (sulfide) groups is 1. The molecule has 3 aliphatic rings. The first-order chi connectivity index (χ1) is 31.5. The minimum atomic E-state index is -1.25. The Labute approximate surface area is 385 Å². The lowest BCUT2D eigenvalue weighted by Crippen LogP contribution is -2.48. The number of carbonyl (C=O) groups is 6. The molecule has 8 N–H and O–H groups in total. The van der Waals surface area contributed by atoms with Gasteiger partial charge in [0, 0.05) is 65.3 Å². The number of benzene rings is 2. The molecule has 0 saturated carbocycles. The molecule has 2 aromatic rings. The second kappa shape index (κ2) is 27.6. The monoisotopic (exact) mass is 945 g/mol. The lowest BCUT2D eigenvalue weighted by molar-refractivity contribution is -0.195. The fourth-order valence-corrected chi connectivity index (χ4v) is 8.68. The van der Waals surface area contributed by atoms with Crippen LogP contribution in [0.2, 0.25) is 0 Å². The topological polar surface area (TPSA) is 281 Å². The van der Waals surface area contributed by atoms with Crippen molar-refractivity contribution < 1.29 is 57.0 Å². The highest BCUT2D eigenvalue weighted by molar-refractivity contribution is 8.00. The summed E-state index contributed by atoms with van der Waals surface area (Å²) in [5.41, 5.74) is 0.832. The van der Waals surface area contributed by atoms with Crippen molar-refractivity contribution in [3.05, 3.63) is 65.2 Å². The number of nitrogens with two attached hydrogens (primary N) is 1. The van der Waals surface area contributed by atoms with Gasteiger partial charge in [0.25, 0.3) is 11.8 Å². The van der Waals surface area contributed by atoms with Crippen LogP contribution in [0.25, 0.3) is 0 Å². The largest absolute Gasteiger partial charge is 0.464 e. The normalized spacial score (nSPS) is 18.2. The Morgan fingerprint density at radius 2 is 1.45 bits per heavy atom. The number of nitrogens with zero attached hydrogens (tertiary/aromatic N) is 2. The molecule has 65 heavy (non-hydrogen) atoms. The maximum Gasteiger partial charge on any atom is 0.315 e. The van der Waals surface area contributed by atoms with E-state index < -0.39 is 41.8 Å². The molecule has 0 aliphatic carbocycles. The van der Waals surface area contributed by atoms with Crippen molar-refractivity contribution in [3.63, 3.8) is 0 Å². The van der Waals surface area contributed by atoms with Crippen molar-refractivity contribution in [2.75, 3.05) is 71.6 Å². The Bertz CT molecular complexity index is 1890. The summed E-state index contributed by atoms with van der Waals surface area (Å²) < 4.78 is 26.6. The molecule has 4 atom stereocenters. The van der Waals surface area contributed by atoms with E-state index in [1.807, 2.05) is 18.7 Å². The molecule has 0 spiro atoms. The molecular formula is C42H59N9O12S2. The van der Waals surface area contributed by atoms with Crippen LogP contribution in [0.5, 0.6) is 0 Å². The third-order valence-corrected chi connectivity index (χ3v) is 12.5. The van der Waals surface area contributed by atoms with Crippen molar-refractivity contribution in [2.24, 2.45) is 16.1 Å². The van der Waals surface area contributed by atoms with Gasteiger partial charge in [-0.1, -0.05) is 18.6 Å². The van der Waals surface area contributed by atoms with Gasteiger partial charge in [-0.05, 0) is 69.0 Å². The van der Waals surface area contributed by atoms with E-state index in [0.29, 0.717) is 81.2 Å². The molecule has 0 unspecified atom stereocenters. The molecule has 2 aromatic carbocycles. The second-order valence-corrected chi connectivity index (χ2v) is 17.4. The van der Waals surface area contributed by atoms with E-state index in [1.54, 1.807) is 48.5 Å². The molecule has 0 radical (unpaired) electrons. The van der Waals surface area contributed by atoms with Crippen LogP contribution < -0.4 is 37.8 Å². The van der Waals surface area contributed by atoms with Crippen molar-refractivity contribution >= 4 is 59.4 Å². The number of esters is 1. The average Bonchev–Trinajstić information content (AvgIpc) is 3.80. The summed E-state index contributed by atoms with van der Waals surface area (Å²) >= 11 is 2.75. The maximum atomic E-state index is 13.2. The molecule has 0 bridgehead atoms. The number of urea groups is 1. The fraction of sp³-hybridized carbons (Fsp3) is 0.571. The molecule has 21 nitrogen and oxygen atoms in total. The van der Waals surface area contributed by atoms with Gasteiger partial charge in [0.1, 0.15) is 12.6 Å². The quantitative estimate of drug-likeness (QED) is 0.0139. The van der Waals surface area contributed by atoms with Crippen LogP contribution >= 0.6 is 23.8 Å². The van der Waals surface area contributed by atoms with Crippen molar-refractivity contribution in [1.29, 1.82) is 0 Å². The number of ether oxygens (including phenoxy) is 4. The van der Waals surface area contributed by atoms with Gasteiger partial charge < -0.3 is 50.8 Å². The SMILES string of the molecule is CC1(c2ccc(C(=O)N[C@H](CC(=O)OCCNC(=O)c3ccc(SOON)cc3)C(=O)NCCCOCCOCCOCCCNC(=O)CCCC[C@@H]3SC[C@@H]4NC(=O)N[C@@H]43)cc2)N=N1. The summed E-state index contributed by atoms with van der Waals surface area (Å²) in [5.74, 6) is 3.50. The van der Waals surface area contributed by atoms with Gasteiger partial charge in [0.15, 0.2) is 0 Å². The number of fused-ring (bicyclic) bond motifs is 1. The van der Waals surface area contributed by atoms with E-state index in [2.05, 4.69) is 51.5 Å². The van der Waals surface area contributed by atoms with Crippen LogP contribution in [0.1, 0.15) is 78.1 Å². The van der Waals surface area contributed by atoms with Gasteiger partial charge in [0.2, 0.25) is 17.5 Å². The van der Waals surface area contributed by atoms with Gasteiger partial charge in [-0.3, -0.25) is 24.0 Å². The van der Waals surface area contributed by atoms with Crippen LogP contribution in [0.15, 0.2) is 63.7 Å². The predicted molar refractivity (Wildman–Crippen MR) is 238 cm³/mol. The lowest BCUT2D eigenvalue weighted by atomic mass is 10.0. The standard InChI is InChI=1S/C42H59N9O12S2/c1-42(50-51-42)30-12-8-29(9-13-30)39(55)47-32(26-36(53)61-21-18-46-38(54)28-10-14-31(15-11-28)65-63-62-43)40(56)45-17-5-20-59-23-25-60-24-22-58-19-4-16-44-35(52)7-3-2-6-34-37-33(27-64-34)48-41(57)49-37/h8-15,32-34,37H,2-7,16-27,43H2,1H3,(H,44,52)(H,45,56)(H,46,54)(H,47,55)(H2,48,49,57)/t32-,33+,34+,37+/m1/s1. The van der Waals surface area contributed by atoms with E-state index in [1.165, 1.54) is 0 Å². The third-order valence-electron chi connectivity index (χ3n) is 10.4. The van der Waals surface area contributed by atoms with Crippen molar-refractivity contribution in [3.8, 4) is 0 Å². The molecule has 2 fully saturated rings. The van der Waals surface area contributed by atoms with Crippen LogP contribution in [-0.2, 0) is 48.3 Å². The summed E-state index contributed by atoms with van der Waals surface area (Å²) in [7, 11) is 0. The number of hydrogen-bond donors (Lipinski definition) is 7. The minimum Gasteiger partial charge on any atom is -0.464 e. The van der Waals surface area contributed by atoms with E-state index >= 15 is 0 Å². The van der Waals surface area contributed by atoms with Gasteiger partial charge in [0.05, 0.1) is 63.5 Å². The molecule has 3 heterocycles. The van der Waals surface area contributed by atoms with Crippen molar-refractivity contribution in [1.82, 2.24) is 31.9 Å². The van der Waals surface area contributed by atoms with Crippen molar-refractivity contribution in [2.45, 2.75) is 85.8 Å². The number of nitrogens with one attached hydrogen (secondary N) is 6. The Hall–Kier alpha value is -4.88. The molecule has 6 amide bonds. The van der Waals surface area contributed by atoms with E-state index in [9.17, 15) is 28.8 Å². The molecule has 3 aliphatic heterocycles. The Kier molecular flexibility index (Phi) is 21.7. The average molecular weight is 946 g/mol. The summed E-state index contributed by atoms with van der Waals surface area (Å²) in [6.45, 7) is 4.77. The molecule has 2 saturated heterocycles. The number of unbranched alkanes of at least 4 members (excludes halogenated alkanes) is 1. The predicted octanol–water partition coefficient (Wildman–Crippen LogP) is 2.40. The van der Waals surface area contributed by atoms with Crippen LogP contribution in [0.4, 0.5) is 4.79 Å². The first-order valence-corrected chi connectivity index (χ1v) is 23.4. The maximum absolute atomic E-state index is 13.2. The van der Waals surface area contributed by atoms with Gasteiger partial charge in [-0.2, -0.15) is 27.9 Å². The number of carbonyl (C=O) groups excluding carboxylic acids is 6. The first kappa shape index (κ1) is 51.1. The lowest BCUT2D eigenvalue weighted by Gasteiger charge is -2.18. The molecule has 23 heteroatoms. The van der Waals surface area contributed by atoms with E-state index in [4.69, 9.17) is 24.8 Å². The zero-order valence-electron chi connectivity index (χ0n) is 36.3.